The highest BCUT2D eigenvalue weighted by Crippen LogP contribution is 2.10. The van der Waals surface area contributed by atoms with Crippen LogP contribution in [-0.2, 0) is 10.0 Å². The standard InChI is InChI=1S/C13H30N2O2S/c1-6-7-8-10-15(13(4)5)18(16,17)11-9-14-12(2)3/h12-14H,6-11H2,1-5H3. The summed E-state index contributed by atoms with van der Waals surface area (Å²) >= 11 is 0. The Balaban J connectivity index is 4.37. The van der Waals surface area contributed by atoms with Gasteiger partial charge in [0.25, 0.3) is 0 Å². The van der Waals surface area contributed by atoms with Gasteiger partial charge in [-0.3, -0.25) is 0 Å². The minimum Gasteiger partial charge on any atom is -0.313 e. The van der Waals surface area contributed by atoms with Crippen LogP contribution in [0.25, 0.3) is 0 Å². The number of sulfonamides is 1. The second-order valence-electron chi connectivity index (χ2n) is 5.34. The lowest BCUT2D eigenvalue weighted by molar-refractivity contribution is 0.345. The first-order valence-electron chi connectivity index (χ1n) is 7.04. The molecule has 0 aromatic rings. The zero-order valence-corrected chi connectivity index (χ0v) is 13.4. The van der Waals surface area contributed by atoms with Crippen LogP contribution in [0.2, 0.25) is 0 Å². The Morgan fingerprint density at radius 1 is 1.11 bits per heavy atom. The highest BCUT2D eigenvalue weighted by molar-refractivity contribution is 7.89. The fraction of sp³-hybridized carbons (Fsp3) is 1.00. The van der Waals surface area contributed by atoms with Crippen LogP contribution < -0.4 is 5.32 Å². The minimum absolute atomic E-state index is 0.0471. The predicted molar refractivity (Wildman–Crippen MR) is 78.3 cm³/mol. The molecule has 110 valence electrons. The van der Waals surface area contributed by atoms with E-state index in [0.29, 0.717) is 19.1 Å². The normalized spacial score (nSPS) is 12.9. The molecule has 0 aromatic carbocycles. The van der Waals surface area contributed by atoms with E-state index < -0.39 is 10.0 Å². The third-order valence-electron chi connectivity index (χ3n) is 2.83. The molecule has 1 N–H and O–H groups in total. The van der Waals surface area contributed by atoms with Crippen molar-refractivity contribution in [3.8, 4) is 0 Å². The highest BCUT2D eigenvalue weighted by Gasteiger charge is 2.23. The van der Waals surface area contributed by atoms with Crippen LogP contribution in [0, 0.1) is 0 Å². The maximum atomic E-state index is 12.2. The lowest BCUT2D eigenvalue weighted by atomic mass is 10.2. The SMILES string of the molecule is CCCCCN(C(C)C)S(=O)(=O)CCNC(C)C. The van der Waals surface area contributed by atoms with Gasteiger partial charge < -0.3 is 5.32 Å². The van der Waals surface area contributed by atoms with Gasteiger partial charge in [0.05, 0.1) is 5.75 Å². The minimum atomic E-state index is -3.13. The summed E-state index contributed by atoms with van der Waals surface area (Å²) in [7, 11) is -3.13. The fourth-order valence-corrected chi connectivity index (χ4v) is 3.49. The molecule has 0 fully saturated rings. The van der Waals surface area contributed by atoms with Crippen LogP contribution in [0.1, 0.15) is 53.9 Å². The van der Waals surface area contributed by atoms with E-state index in [9.17, 15) is 8.42 Å². The van der Waals surface area contributed by atoms with Gasteiger partial charge in [0.2, 0.25) is 10.0 Å². The Morgan fingerprint density at radius 2 is 1.72 bits per heavy atom. The van der Waals surface area contributed by atoms with Crippen molar-refractivity contribution in [2.75, 3.05) is 18.8 Å². The third-order valence-corrected chi connectivity index (χ3v) is 4.87. The number of hydrogen-bond donors (Lipinski definition) is 1. The molecule has 0 amide bonds. The number of nitrogens with zero attached hydrogens (tertiary/aromatic N) is 1. The Labute approximate surface area is 113 Å². The molecule has 0 aromatic heterocycles. The van der Waals surface area contributed by atoms with Crippen LogP contribution in [-0.4, -0.2) is 43.6 Å². The number of unbranched alkanes of at least 4 members (excludes halogenated alkanes) is 2. The van der Waals surface area contributed by atoms with Crippen molar-refractivity contribution < 1.29 is 8.42 Å². The molecule has 0 heterocycles. The summed E-state index contributed by atoms with van der Waals surface area (Å²) in [6, 6.07) is 0.374. The quantitative estimate of drug-likeness (QED) is 0.623. The van der Waals surface area contributed by atoms with Gasteiger partial charge in [-0.05, 0) is 20.3 Å². The first-order valence-corrected chi connectivity index (χ1v) is 8.65. The topological polar surface area (TPSA) is 49.4 Å². The van der Waals surface area contributed by atoms with E-state index in [1.807, 2.05) is 27.7 Å². The van der Waals surface area contributed by atoms with Crippen LogP contribution in [0.3, 0.4) is 0 Å². The van der Waals surface area contributed by atoms with Crippen LogP contribution in [0.15, 0.2) is 0 Å². The smallest absolute Gasteiger partial charge is 0.215 e. The second kappa shape index (κ2) is 8.88. The van der Waals surface area contributed by atoms with Gasteiger partial charge in [-0.2, -0.15) is 4.31 Å². The highest BCUT2D eigenvalue weighted by atomic mass is 32.2. The molecule has 0 saturated carbocycles. The fourth-order valence-electron chi connectivity index (χ4n) is 1.83. The van der Waals surface area contributed by atoms with Crippen LogP contribution in [0.4, 0.5) is 0 Å². The van der Waals surface area contributed by atoms with E-state index in [1.165, 1.54) is 0 Å². The molecule has 0 spiro atoms. The molecule has 5 heteroatoms. The Hall–Kier alpha value is -0.130. The molecule has 0 bridgehead atoms. The van der Waals surface area contributed by atoms with Gasteiger partial charge in [0.1, 0.15) is 0 Å². The summed E-state index contributed by atoms with van der Waals surface area (Å²) in [6.45, 7) is 11.2. The molecule has 0 aliphatic heterocycles. The summed E-state index contributed by atoms with van der Waals surface area (Å²) in [5.41, 5.74) is 0. The van der Waals surface area contributed by atoms with E-state index in [1.54, 1.807) is 4.31 Å². The van der Waals surface area contributed by atoms with Crippen molar-refractivity contribution in [3.05, 3.63) is 0 Å². The van der Waals surface area contributed by atoms with Gasteiger partial charge in [0, 0.05) is 25.2 Å². The summed E-state index contributed by atoms with van der Waals surface area (Å²) in [4.78, 5) is 0. The van der Waals surface area contributed by atoms with Crippen molar-refractivity contribution in [2.45, 2.75) is 66.0 Å². The molecular weight excluding hydrogens is 248 g/mol. The predicted octanol–water partition coefficient (Wildman–Crippen LogP) is 2.21. The molecule has 0 saturated heterocycles. The Bertz CT molecular complexity index is 300. The third kappa shape index (κ3) is 7.34. The van der Waals surface area contributed by atoms with Crippen LogP contribution in [0.5, 0.6) is 0 Å². The molecule has 0 radical (unpaired) electrons. The lowest BCUT2D eigenvalue weighted by Crippen LogP contribution is -2.42. The first kappa shape index (κ1) is 17.9. The van der Waals surface area contributed by atoms with Crippen molar-refractivity contribution in [1.82, 2.24) is 9.62 Å². The molecule has 0 rings (SSSR count). The summed E-state index contributed by atoms with van der Waals surface area (Å²) < 4.78 is 26.1. The zero-order valence-electron chi connectivity index (χ0n) is 12.6. The van der Waals surface area contributed by atoms with E-state index in [4.69, 9.17) is 0 Å². The van der Waals surface area contributed by atoms with Gasteiger partial charge in [-0.1, -0.05) is 33.6 Å². The molecule has 0 aliphatic rings. The molecule has 0 aliphatic carbocycles. The molecule has 0 unspecified atom stereocenters. The van der Waals surface area contributed by atoms with Crippen LogP contribution >= 0.6 is 0 Å². The summed E-state index contributed by atoms with van der Waals surface area (Å²) in [5.74, 6) is 0.190. The van der Waals surface area contributed by atoms with Gasteiger partial charge >= 0.3 is 0 Å². The van der Waals surface area contributed by atoms with Gasteiger partial charge in [0.15, 0.2) is 0 Å². The number of rotatable bonds is 10. The number of hydrogen-bond acceptors (Lipinski definition) is 3. The molecule has 18 heavy (non-hydrogen) atoms. The van der Waals surface area contributed by atoms with Crippen molar-refractivity contribution in [3.63, 3.8) is 0 Å². The lowest BCUT2D eigenvalue weighted by Gasteiger charge is -2.26. The maximum absolute atomic E-state index is 12.2. The first-order chi connectivity index (χ1) is 8.31. The van der Waals surface area contributed by atoms with E-state index in [2.05, 4.69) is 12.2 Å². The van der Waals surface area contributed by atoms with E-state index >= 15 is 0 Å². The molecular formula is C13H30N2O2S. The van der Waals surface area contributed by atoms with Gasteiger partial charge in [-0.15, -0.1) is 0 Å². The summed E-state index contributed by atoms with van der Waals surface area (Å²) in [6.07, 6.45) is 3.15. The number of nitrogens with one attached hydrogen (secondary N) is 1. The largest absolute Gasteiger partial charge is 0.313 e. The maximum Gasteiger partial charge on any atom is 0.215 e. The Kier molecular flexibility index (Phi) is 8.82. The molecule has 4 nitrogen and oxygen atoms in total. The van der Waals surface area contributed by atoms with E-state index in [-0.39, 0.29) is 11.8 Å². The molecule has 0 atom stereocenters. The summed E-state index contributed by atoms with van der Waals surface area (Å²) in [5, 5.41) is 3.16. The monoisotopic (exact) mass is 278 g/mol. The average molecular weight is 278 g/mol. The Morgan fingerprint density at radius 3 is 2.17 bits per heavy atom. The van der Waals surface area contributed by atoms with Crippen molar-refractivity contribution >= 4 is 10.0 Å². The van der Waals surface area contributed by atoms with Crippen molar-refractivity contribution in [2.24, 2.45) is 0 Å². The van der Waals surface area contributed by atoms with E-state index in [0.717, 1.165) is 19.3 Å². The van der Waals surface area contributed by atoms with Crippen molar-refractivity contribution in [1.29, 1.82) is 0 Å². The second-order valence-corrected chi connectivity index (χ2v) is 7.38. The zero-order chi connectivity index (χ0) is 14.2. The van der Waals surface area contributed by atoms with Gasteiger partial charge in [-0.25, -0.2) is 8.42 Å². The average Bonchev–Trinajstić information content (AvgIpc) is 2.22.